The van der Waals surface area contributed by atoms with E-state index >= 15 is 0 Å². The molecule has 0 fully saturated rings. The van der Waals surface area contributed by atoms with Crippen molar-refractivity contribution in [1.29, 1.82) is 0 Å². The lowest BCUT2D eigenvalue weighted by atomic mass is 10.1. The molecule has 1 rings (SSSR count). The number of hydrogen-bond donors (Lipinski definition) is 1. The number of benzene rings is 1. The van der Waals surface area contributed by atoms with E-state index in [2.05, 4.69) is 34.2 Å². The Bertz CT molecular complexity index is 302. The molecule has 0 atom stereocenters. The van der Waals surface area contributed by atoms with Crippen LogP contribution in [0.1, 0.15) is 18.9 Å². The van der Waals surface area contributed by atoms with Crippen LogP contribution in [0.2, 0.25) is 0 Å². The third-order valence-electron chi connectivity index (χ3n) is 2.25. The summed E-state index contributed by atoms with van der Waals surface area (Å²) >= 11 is 3.55. The molecule has 3 heteroatoms. The lowest BCUT2D eigenvalue weighted by Gasteiger charge is -2.07. The number of nitrogens with one attached hydrogen (secondary N) is 1. The number of methoxy groups -OCH3 is 1. The summed E-state index contributed by atoms with van der Waals surface area (Å²) in [7, 11) is 1.70. The van der Waals surface area contributed by atoms with Crippen LogP contribution in [0.3, 0.4) is 0 Å². The fourth-order valence-electron chi connectivity index (χ4n) is 1.39. The van der Waals surface area contributed by atoms with E-state index in [1.807, 2.05) is 12.1 Å². The van der Waals surface area contributed by atoms with Crippen molar-refractivity contribution in [2.45, 2.75) is 19.8 Å². The van der Waals surface area contributed by atoms with Crippen LogP contribution >= 0.6 is 15.9 Å². The zero-order valence-electron chi connectivity index (χ0n) is 9.35. The van der Waals surface area contributed by atoms with Gasteiger partial charge in [-0.3, -0.25) is 0 Å². The maximum absolute atomic E-state index is 5.20. The van der Waals surface area contributed by atoms with Gasteiger partial charge in [0.05, 0.1) is 7.11 Å². The largest absolute Gasteiger partial charge is 0.497 e. The van der Waals surface area contributed by atoms with E-state index in [-0.39, 0.29) is 0 Å². The molecule has 1 N–H and O–H groups in total. The van der Waals surface area contributed by atoms with E-state index in [1.54, 1.807) is 7.11 Å². The summed E-state index contributed by atoms with van der Waals surface area (Å²) < 4.78 is 6.35. The molecule has 0 aliphatic rings. The van der Waals surface area contributed by atoms with E-state index in [0.717, 1.165) is 29.7 Å². The van der Waals surface area contributed by atoms with Gasteiger partial charge in [0.2, 0.25) is 0 Å². The third kappa shape index (κ3) is 4.22. The van der Waals surface area contributed by atoms with Gasteiger partial charge in [-0.25, -0.2) is 0 Å². The van der Waals surface area contributed by atoms with Gasteiger partial charge in [-0.15, -0.1) is 0 Å². The number of halogens is 1. The first-order valence-corrected chi connectivity index (χ1v) is 6.10. The molecule has 0 spiro atoms. The highest BCUT2D eigenvalue weighted by atomic mass is 79.9. The maximum atomic E-state index is 5.20. The first-order valence-electron chi connectivity index (χ1n) is 5.31. The summed E-state index contributed by atoms with van der Waals surface area (Å²) in [6, 6.07) is 6.08. The summed E-state index contributed by atoms with van der Waals surface area (Å²) in [6.45, 7) is 4.27. The number of hydrogen-bond acceptors (Lipinski definition) is 2. The van der Waals surface area contributed by atoms with Crippen LogP contribution in [0, 0.1) is 0 Å². The Morgan fingerprint density at radius 3 is 2.80 bits per heavy atom. The highest BCUT2D eigenvalue weighted by molar-refractivity contribution is 9.10. The smallest absolute Gasteiger partial charge is 0.119 e. The van der Waals surface area contributed by atoms with Crippen molar-refractivity contribution in [3.8, 4) is 5.75 Å². The molecule has 0 bridgehead atoms. The average molecular weight is 272 g/mol. The Balaban J connectivity index is 2.51. The summed E-state index contributed by atoms with van der Waals surface area (Å²) in [5, 5.41) is 3.39. The van der Waals surface area contributed by atoms with E-state index in [9.17, 15) is 0 Å². The van der Waals surface area contributed by atoms with Gasteiger partial charge < -0.3 is 10.1 Å². The predicted octanol–water partition coefficient (Wildman–Crippen LogP) is 3.00. The SMILES string of the molecule is CCCNCCc1cc(OC)ccc1Br. The van der Waals surface area contributed by atoms with Crippen molar-refractivity contribution in [1.82, 2.24) is 5.32 Å². The van der Waals surface area contributed by atoms with E-state index in [4.69, 9.17) is 4.74 Å². The zero-order valence-corrected chi connectivity index (χ0v) is 10.9. The van der Waals surface area contributed by atoms with Crippen molar-refractivity contribution >= 4 is 15.9 Å². The van der Waals surface area contributed by atoms with Crippen molar-refractivity contribution < 1.29 is 4.74 Å². The molecular weight excluding hydrogens is 254 g/mol. The van der Waals surface area contributed by atoms with Crippen LogP contribution in [0.4, 0.5) is 0 Å². The molecule has 0 unspecified atom stereocenters. The first-order chi connectivity index (χ1) is 7.27. The number of rotatable bonds is 6. The van der Waals surface area contributed by atoms with E-state index < -0.39 is 0 Å². The summed E-state index contributed by atoms with van der Waals surface area (Å²) in [4.78, 5) is 0. The van der Waals surface area contributed by atoms with Crippen molar-refractivity contribution in [3.05, 3.63) is 28.2 Å². The lowest BCUT2D eigenvalue weighted by Crippen LogP contribution is -2.17. The second-order valence-corrected chi connectivity index (χ2v) is 4.31. The fourth-order valence-corrected chi connectivity index (χ4v) is 1.84. The quantitative estimate of drug-likeness (QED) is 0.804. The summed E-state index contributed by atoms with van der Waals surface area (Å²) in [5.41, 5.74) is 1.29. The number of ether oxygens (including phenoxy) is 1. The maximum Gasteiger partial charge on any atom is 0.119 e. The van der Waals surface area contributed by atoms with Gasteiger partial charge in [0, 0.05) is 4.47 Å². The van der Waals surface area contributed by atoms with Crippen molar-refractivity contribution in [2.24, 2.45) is 0 Å². The van der Waals surface area contributed by atoms with Crippen LogP contribution in [0.15, 0.2) is 22.7 Å². The fraction of sp³-hybridized carbons (Fsp3) is 0.500. The predicted molar refractivity (Wildman–Crippen MR) is 67.6 cm³/mol. The molecular formula is C12H18BrNO. The van der Waals surface area contributed by atoms with Crippen molar-refractivity contribution in [3.63, 3.8) is 0 Å². The van der Waals surface area contributed by atoms with Gasteiger partial charge in [0.25, 0.3) is 0 Å². The second-order valence-electron chi connectivity index (χ2n) is 3.46. The molecule has 0 radical (unpaired) electrons. The monoisotopic (exact) mass is 271 g/mol. The normalized spacial score (nSPS) is 10.3. The average Bonchev–Trinajstić information content (AvgIpc) is 2.26. The molecule has 2 nitrogen and oxygen atoms in total. The topological polar surface area (TPSA) is 21.3 Å². The first kappa shape index (κ1) is 12.5. The van der Waals surface area contributed by atoms with Gasteiger partial charge in [-0.1, -0.05) is 22.9 Å². The summed E-state index contributed by atoms with van der Waals surface area (Å²) in [5.74, 6) is 0.920. The van der Waals surface area contributed by atoms with Crippen LogP contribution in [-0.4, -0.2) is 20.2 Å². The highest BCUT2D eigenvalue weighted by Crippen LogP contribution is 2.22. The van der Waals surface area contributed by atoms with Gasteiger partial charge >= 0.3 is 0 Å². The Hall–Kier alpha value is -0.540. The van der Waals surface area contributed by atoms with Crippen LogP contribution in [0.5, 0.6) is 5.75 Å². The van der Waals surface area contributed by atoms with Gasteiger partial charge in [-0.2, -0.15) is 0 Å². The standard InChI is InChI=1S/C12H18BrNO/c1-3-7-14-8-6-10-9-11(15-2)4-5-12(10)13/h4-5,9,14H,3,6-8H2,1-2H3. The minimum Gasteiger partial charge on any atom is -0.497 e. The molecule has 1 aromatic rings. The molecule has 0 aliphatic carbocycles. The minimum absolute atomic E-state index is 0.920. The second kappa shape index (κ2) is 6.85. The Morgan fingerprint density at radius 1 is 1.33 bits per heavy atom. The van der Waals surface area contributed by atoms with Crippen LogP contribution < -0.4 is 10.1 Å². The molecule has 0 aliphatic heterocycles. The van der Waals surface area contributed by atoms with Crippen LogP contribution in [-0.2, 0) is 6.42 Å². The molecule has 0 amide bonds. The molecule has 0 aromatic heterocycles. The molecule has 15 heavy (non-hydrogen) atoms. The Kier molecular flexibility index (Phi) is 5.73. The molecule has 0 saturated carbocycles. The Morgan fingerprint density at radius 2 is 2.13 bits per heavy atom. The van der Waals surface area contributed by atoms with Crippen molar-refractivity contribution in [2.75, 3.05) is 20.2 Å². The Labute approximate surface area is 100 Å². The van der Waals surface area contributed by atoms with Gasteiger partial charge in [0.15, 0.2) is 0 Å². The van der Waals surface area contributed by atoms with Gasteiger partial charge in [-0.05, 0) is 49.7 Å². The minimum atomic E-state index is 0.920. The zero-order chi connectivity index (χ0) is 11.1. The molecule has 0 heterocycles. The highest BCUT2D eigenvalue weighted by Gasteiger charge is 2.01. The third-order valence-corrected chi connectivity index (χ3v) is 3.02. The van der Waals surface area contributed by atoms with Crippen LogP contribution in [0.25, 0.3) is 0 Å². The van der Waals surface area contributed by atoms with E-state index in [1.165, 1.54) is 12.0 Å². The molecule has 1 aromatic carbocycles. The van der Waals surface area contributed by atoms with Gasteiger partial charge in [0.1, 0.15) is 5.75 Å². The lowest BCUT2D eigenvalue weighted by molar-refractivity contribution is 0.414. The van der Waals surface area contributed by atoms with E-state index in [0.29, 0.717) is 0 Å². The molecule has 84 valence electrons. The summed E-state index contributed by atoms with van der Waals surface area (Å²) in [6.07, 6.45) is 2.21. The molecule has 0 saturated heterocycles.